The van der Waals surface area contributed by atoms with Crippen LogP contribution in [0, 0.1) is 6.92 Å². The van der Waals surface area contributed by atoms with E-state index in [1.165, 1.54) is 6.07 Å². The Morgan fingerprint density at radius 3 is 2.79 bits per heavy atom. The van der Waals surface area contributed by atoms with Gasteiger partial charge in [-0.05, 0) is 19.1 Å². The molecule has 2 heterocycles. The first-order chi connectivity index (χ1) is 8.97. The molecule has 0 aliphatic carbocycles. The highest BCUT2D eigenvalue weighted by Gasteiger charge is 2.15. The number of carbonyl (C=O) groups excluding carboxylic acids is 2. The molecule has 2 amide bonds. The number of rotatable bonds is 4. The minimum atomic E-state index is -0.650. The van der Waals surface area contributed by atoms with Gasteiger partial charge in [0.1, 0.15) is 10.6 Å². The van der Waals surface area contributed by atoms with Crippen LogP contribution in [-0.2, 0) is 6.54 Å². The smallest absolute Gasteiger partial charge is 0.284 e. The lowest BCUT2D eigenvalue weighted by Gasteiger charge is -2.01. The van der Waals surface area contributed by atoms with Crippen LogP contribution in [0.15, 0.2) is 16.5 Å². The SMILES string of the molecule is Cc1nc(Cl)sc1C(=O)NCc1ccc(C(N)=O)o1. The predicted molar refractivity (Wildman–Crippen MR) is 70.3 cm³/mol. The maximum absolute atomic E-state index is 11.9. The number of thiazole rings is 1. The monoisotopic (exact) mass is 299 g/mol. The van der Waals surface area contributed by atoms with Crippen molar-refractivity contribution < 1.29 is 14.0 Å². The molecule has 0 aliphatic rings. The van der Waals surface area contributed by atoms with Gasteiger partial charge in [-0.1, -0.05) is 22.9 Å². The summed E-state index contributed by atoms with van der Waals surface area (Å²) in [7, 11) is 0. The highest BCUT2D eigenvalue weighted by molar-refractivity contribution is 7.17. The van der Waals surface area contributed by atoms with Gasteiger partial charge in [0.05, 0.1) is 12.2 Å². The van der Waals surface area contributed by atoms with E-state index < -0.39 is 5.91 Å². The van der Waals surface area contributed by atoms with E-state index in [9.17, 15) is 9.59 Å². The normalized spacial score (nSPS) is 10.4. The van der Waals surface area contributed by atoms with E-state index in [1.54, 1.807) is 13.0 Å². The van der Waals surface area contributed by atoms with Gasteiger partial charge in [0.2, 0.25) is 0 Å². The van der Waals surface area contributed by atoms with E-state index in [-0.39, 0.29) is 18.2 Å². The summed E-state index contributed by atoms with van der Waals surface area (Å²) in [5, 5.41) is 2.65. The Hall–Kier alpha value is -1.86. The highest BCUT2D eigenvalue weighted by Crippen LogP contribution is 2.22. The van der Waals surface area contributed by atoms with Crippen LogP contribution in [-0.4, -0.2) is 16.8 Å². The third-order valence-corrected chi connectivity index (χ3v) is 3.57. The van der Waals surface area contributed by atoms with Gasteiger partial charge in [-0.15, -0.1) is 0 Å². The molecule has 3 N–H and O–H groups in total. The number of aromatic nitrogens is 1. The molecule has 0 fully saturated rings. The molecule has 0 bridgehead atoms. The minimum absolute atomic E-state index is 0.0567. The summed E-state index contributed by atoms with van der Waals surface area (Å²) in [5.74, 6) is -0.446. The summed E-state index contributed by atoms with van der Waals surface area (Å²) in [5.41, 5.74) is 5.63. The van der Waals surface area contributed by atoms with Crippen molar-refractivity contribution in [1.82, 2.24) is 10.3 Å². The van der Waals surface area contributed by atoms with E-state index >= 15 is 0 Å². The molecular formula is C11H10ClN3O3S. The molecule has 2 aromatic heterocycles. The summed E-state index contributed by atoms with van der Waals surface area (Å²) in [4.78, 5) is 27.1. The molecule has 0 radical (unpaired) electrons. The Kier molecular flexibility index (Phi) is 3.87. The van der Waals surface area contributed by atoms with Crippen LogP contribution in [0.3, 0.4) is 0 Å². The van der Waals surface area contributed by atoms with E-state index in [1.807, 2.05) is 0 Å². The number of halogens is 1. The number of nitrogens with zero attached hydrogens (tertiary/aromatic N) is 1. The summed E-state index contributed by atoms with van der Waals surface area (Å²) in [6, 6.07) is 3.03. The van der Waals surface area contributed by atoms with Crippen LogP contribution in [0.1, 0.15) is 31.7 Å². The molecule has 0 spiro atoms. The fraction of sp³-hybridized carbons (Fsp3) is 0.182. The molecule has 0 saturated heterocycles. The van der Waals surface area contributed by atoms with E-state index in [0.717, 1.165) is 11.3 Å². The molecule has 0 unspecified atom stereocenters. The molecule has 2 aromatic rings. The Bertz CT molecular complexity index is 635. The largest absolute Gasteiger partial charge is 0.454 e. The molecule has 8 heteroatoms. The zero-order chi connectivity index (χ0) is 14.0. The van der Waals surface area contributed by atoms with Gasteiger partial charge in [-0.2, -0.15) is 0 Å². The molecule has 0 aromatic carbocycles. The van der Waals surface area contributed by atoms with Gasteiger partial charge < -0.3 is 15.5 Å². The van der Waals surface area contributed by atoms with E-state index in [0.29, 0.717) is 20.8 Å². The fourth-order valence-corrected chi connectivity index (χ4v) is 2.49. The lowest BCUT2D eigenvalue weighted by atomic mass is 10.3. The predicted octanol–water partition coefficient (Wildman–Crippen LogP) is 1.73. The van der Waals surface area contributed by atoms with Crippen LogP contribution in [0.4, 0.5) is 0 Å². The molecule has 100 valence electrons. The van der Waals surface area contributed by atoms with Crippen LogP contribution in [0.2, 0.25) is 4.47 Å². The summed E-state index contributed by atoms with van der Waals surface area (Å²) >= 11 is 6.83. The zero-order valence-electron chi connectivity index (χ0n) is 9.90. The quantitative estimate of drug-likeness (QED) is 0.898. The van der Waals surface area contributed by atoms with Crippen LogP contribution >= 0.6 is 22.9 Å². The van der Waals surface area contributed by atoms with Crippen molar-refractivity contribution in [2.75, 3.05) is 0 Å². The van der Waals surface area contributed by atoms with Gasteiger partial charge in [0.15, 0.2) is 10.2 Å². The Morgan fingerprint density at radius 1 is 1.53 bits per heavy atom. The van der Waals surface area contributed by atoms with Crippen LogP contribution in [0.5, 0.6) is 0 Å². The molecular weight excluding hydrogens is 290 g/mol. The number of hydrogen-bond acceptors (Lipinski definition) is 5. The fourth-order valence-electron chi connectivity index (χ4n) is 1.43. The highest BCUT2D eigenvalue weighted by atomic mass is 35.5. The third-order valence-electron chi connectivity index (χ3n) is 2.30. The molecule has 6 nitrogen and oxygen atoms in total. The third kappa shape index (κ3) is 3.12. The number of primary amides is 1. The van der Waals surface area contributed by atoms with E-state index in [4.69, 9.17) is 21.8 Å². The second kappa shape index (κ2) is 5.41. The number of carbonyl (C=O) groups is 2. The first-order valence-corrected chi connectivity index (χ1v) is 6.46. The maximum atomic E-state index is 11.9. The number of nitrogens with two attached hydrogens (primary N) is 1. The first kappa shape index (κ1) is 13.6. The van der Waals surface area contributed by atoms with Crippen LogP contribution < -0.4 is 11.1 Å². The van der Waals surface area contributed by atoms with Gasteiger partial charge in [0.25, 0.3) is 11.8 Å². The van der Waals surface area contributed by atoms with Gasteiger partial charge in [-0.25, -0.2) is 4.98 Å². The topological polar surface area (TPSA) is 98.2 Å². The Morgan fingerprint density at radius 2 is 2.26 bits per heavy atom. The first-order valence-electron chi connectivity index (χ1n) is 5.27. The van der Waals surface area contributed by atoms with Gasteiger partial charge >= 0.3 is 0 Å². The summed E-state index contributed by atoms with van der Waals surface area (Å²) < 4.78 is 5.46. The number of hydrogen-bond donors (Lipinski definition) is 2. The van der Waals surface area contributed by atoms with Crippen molar-refractivity contribution in [2.45, 2.75) is 13.5 Å². The number of aryl methyl sites for hydroxylation is 1. The molecule has 0 aliphatic heterocycles. The Balaban J connectivity index is 2.00. The molecule has 19 heavy (non-hydrogen) atoms. The second-order valence-electron chi connectivity index (χ2n) is 3.69. The summed E-state index contributed by atoms with van der Waals surface area (Å²) in [6.07, 6.45) is 0. The lowest BCUT2D eigenvalue weighted by molar-refractivity contribution is 0.0951. The number of nitrogens with one attached hydrogen (secondary N) is 1. The second-order valence-corrected chi connectivity index (χ2v) is 5.28. The minimum Gasteiger partial charge on any atom is -0.454 e. The van der Waals surface area contributed by atoms with Gasteiger partial charge in [-0.3, -0.25) is 9.59 Å². The van der Waals surface area contributed by atoms with Crippen molar-refractivity contribution in [3.05, 3.63) is 38.7 Å². The van der Waals surface area contributed by atoms with Crippen molar-refractivity contribution in [3.63, 3.8) is 0 Å². The van der Waals surface area contributed by atoms with Crippen molar-refractivity contribution in [2.24, 2.45) is 5.73 Å². The number of furan rings is 1. The van der Waals surface area contributed by atoms with Crippen molar-refractivity contribution in [1.29, 1.82) is 0 Å². The van der Waals surface area contributed by atoms with Crippen molar-refractivity contribution >= 4 is 34.8 Å². The average Bonchev–Trinajstić information content (AvgIpc) is 2.93. The zero-order valence-corrected chi connectivity index (χ0v) is 11.5. The van der Waals surface area contributed by atoms with Gasteiger partial charge in [0, 0.05) is 0 Å². The molecule has 2 rings (SSSR count). The van der Waals surface area contributed by atoms with E-state index in [2.05, 4.69) is 10.3 Å². The summed E-state index contributed by atoms with van der Waals surface area (Å²) in [6.45, 7) is 1.86. The molecule has 0 saturated carbocycles. The maximum Gasteiger partial charge on any atom is 0.284 e. The molecule has 0 atom stereocenters. The lowest BCUT2D eigenvalue weighted by Crippen LogP contribution is -2.22. The van der Waals surface area contributed by atoms with Crippen molar-refractivity contribution in [3.8, 4) is 0 Å². The average molecular weight is 300 g/mol. The van der Waals surface area contributed by atoms with Crippen LogP contribution in [0.25, 0.3) is 0 Å². The number of amides is 2. The Labute approximate surface area is 117 Å². The standard InChI is InChI=1S/C11H10ClN3O3S/c1-5-8(19-11(12)15-5)10(17)14-4-6-2-3-7(18-6)9(13)16/h2-3H,4H2,1H3,(H2,13,16)(H,14,17).